The van der Waals surface area contributed by atoms with Gasteiger partial charge in [0.15, 0.2) is 0 Å². The molecule has 0 aliphatic carbocycles. The monoisotopic (exact) mass is 421 g/mol. The number of thiazole rings is 1. The Labute approximate surface area is 181 Å². The number of rotatable bonds is 4. The van der Waals surface area contributed by atoms with Gasteiger partial charge in [0.05, 0.1) is 5.69 Å². The van der Waals surface area contributed by atoms with E-state index in [2.05, 4.69) is 41.6 Å². The predicted molar refractivity (Wildman–Crippen MR) is 124 cm³/mol. The number of amides is 2. The van der Waals surface area contributed by atoms with Crippen molar-refractivity contribution in [3.05, 3.63) is 64.2 Å². The van der Waals surface area contributed by atoms with Gasteiger partial charge in [0.2, 0.25) is 5.91 Å². The van der Waals surface area contributed by atoms with E-state index in [0.717, 1.165) is 16.1 Å². The van der Waals surface area contributed by atoms with Gasteiger partial charge in [0.25, 0.3) is 5.91 Å². The van der Waals surface area contributed by atoms with Crippen molar-refractivity contribution < 1.29 is 9.59 Å². The topological polar surface area (TPSA) is 71.1 Å². The normalized spacial score (nSPS) is 11.3. The van der Waals surface area contributed by atoms with Gasteiger partial charge in [-0.1, -0.05) is 50.6 Å². The molecule has 3 rings (SSSR count). The fourth-order valence-electron chi connectivity index (χ4n) is 2.96. The number of anilines is 2. The van der Waals surface area contributed by atoms with Crippen LogP contribution in [0.2, 0.25) is 0 Å². The molecular weight excluding hydrogens is 394 g/mol. The van der Waals surface area contributed by atoms with Crippen molar-refractivity contribution in [3.8, 4) is 10.6 Å². The Balaban J connectivity index is 1.79. The fourth-order valence-corrected chi connectivity index (χ4v) is 4.01. The minimum atomic E-state index is -0.497. The van der Waals surface area contributed by atoms with Crippen molar-refractivity contribution in [2.24, 2.45) is 5.41 Å². The maximum absolute atomic E-state index is 12.9. The summed E-state index contributed by atoms with van der Waals surface area (Å²) in [7, 11) is 0. The van der Waals surface area contributed by atoms with Crippen molar-refractivity contribution in [2.75, 3.05) is 10.6 Å². The van der Waals surface area contributed by atoms with Gasteiger partial charge in [-0.15, -0.1) is 11.3 Å². The lowest BCUT2D eigenvalue weighted by atomic mass is 9.95. The molecular formula is C24H27N3O2S. The number of aromatic nitrogens is 1. The summed E-state index contributed by atoms with van der Waals surface area (Å²) in [5.74, 6) is -0.289. The molecule has 30 heavy (non-hydrogen) atoms. The summed E-state index contributed by atoms with van der Waals surface area (Å²) in [4.78, 5) is 30.3. The number of aryl methyl sites for hydroxylation is 3. The Bertz CT molecular complexity index is 1110. The highest BCUT2D eigenvalue weighted by atomic mass is 32.1. The lowest BCUT2D eigenvalue weighted by Crippen LogP contribution is -2.27. The molecule has 0 aliphatic heterocycles. The third-order valence-corrected chi connectivity index (χ3v) is 5.86. The molecule has 5 nitrogen and oxygen atoms in total. The highest BCUT2D eigenvalue weighted by Crippen LogP contribution is 2.31. The molecule has 0 unspecified atom stereocenters. The second-order valence-electron chi connectivity index (χ2n) is 8.49. The molecule has 0 aliphatic rings. The van der Waals surface area contributed by atoms with E-state index in [1.807, 2.05) is 33.8 Å². The van der Waals surface area contributed by atoms with Crippen LogP contribution in [0, 0.1) is 26.2 Å². The molecule has 0 fully saturated rings. The second-order valence-corrected chi connectivity index (χ2v) is 9.49. The molecule has 1 aromatic heterocycles. The maximum Gasteiger partial charge on any atom is 0.267 e. The number of nitrogens with zero attached hydrogens (tertiary/aromatic N) is 1. The first-order valence-electron chi connectivity index (χ1n) is 9.82. The van der Waals surface area contributed by atoms with Gasteiger partial charge < -0.3 is 10.6 Å². The lowest BCUT2D eigenvalue weighted by molar-refractivity contribution is -0.123. The van der Waals surface area contributed by atoms with Crippen LogP contribution < -0.4 is 10.6 Å². The summed E-state index contributed by atoms with van der Waals surface area (Å²) in [6, 6.07) is 13.4. The highest BCUT2D eigenvalue weighted by molar-refractivity contribution is 7.17. The van der Waals surface area contributed by atoms with Crippen LogP contribution in [0.5, 0.6) is 0 Å². The number of carbonyl (C=O) groups excluding carboxylic acids is 2. The molecule has 2 N–H and O–H groups in total. The number of nitrogens with one attached hydrogen (secondary N) is 2. The third kappa shape index (κ3) is 4.94. The number of carbonyl (C=O) groups is 2. The Morgan fingerprint density at radius 2 is 1.60 bits per heavy atom. The fraction of sp³-hybridized carbons (Fsp3) is 0.292. The van der Waals surface area contributed by atoms with Crippen molar-refractivity contribution in [1.29, 1.82) is 0 Å². The van der Waals surface area contributed by atoms with Gasteiger partial charge in [0, 0.05) is 22.4 Å². The summed E-state index contributed by atoms with van der Waals surface area (Å²) in [5.41, 5.74) is 4.84. The summed E-state index contributed by atoms with van der Waals surface area (Å²) in [6.07, 6.45) is 0. The van der Waals surface area contributed by atoms with E-state index in [1.165, 1.54) is 16.9 Å². The minimum Gasteiger partial charge on any atom is -0.326 e. The van der Waals surface area contributed by atoms with E-state index in [4.69, 9.17) is 0 Å². The molecule has 0 atom stereocenters. The molecule has 6 heteroatoms. The largest absolute Gasteiger partial charge is 0.326 e. The Kier molecular flexibility index (Phi) is 6.08. The zero-order valence-corrected chi connectivity index (χ0v) is 19.0. The van der Waals surface area contributed by atoms with E-state index in [-0.39, 0.29) is 11.8 Å². The van der Waals surface area contributed by atoms with Crippen molar-refractivity contribution in [2.45, 2.75) is 41.5 Å². The molecule has 0 saturated heterocycles. The summed E-state index contributed by atoms with van der Waals surface area (Å²) >= 11 is 1.39. The summed E-state index contributed by atoms with van der Waals surface area (Å²) < 4.78 is 0. The van der Waals surface area contributed by atoms with Crippen LogP contribution in [0.15, 0.2) is 42.5 Å². The lowest BCUT2D eigenvalue weighted by Gasteiger charge is -2.18. The van der Waals surface area contributed by atoms with Gasteiger partial charge in [-0.2, -0.15) is 0 Å². The van der Waals surface area contributed by atoms with Crippen LogP contribution in [0.1, 0.15) is 47.3 Å². The molecule has 0 radical (unpaired) electrons. The van der Waals surface area contributed by atoms with Crippen LogP contribution in [-0.2, 0) is 4.79 Å². The number of benzene rings is 2. The van der Waals surface area contributed by atoms with Crippen molar-refractivity contribution in [1.82, 2.24) is 4.98 Å². The van der Waals surface area contributed by atoms with E-state index in [1.54, 1.807) is 24.3 Å². The zero-order valence-electron chi connectivity index (χ0n) is 18.2. The van der Waals surface area contributed by atoms with Crippen LogP contribution in [0.3, 0.4) is 0 Å². The quantitative estimate of drug-likeness (QED) is 0.545. The van der Waals surface area contributed by atoms with Gasteiger partial charge in [-0.05, 0) is 44.5 Å². The third-order valence-electron chi connectivity index (χ3n) is 4.67. The molecule has 3 aromatic rings. The Morgan fingerprint density at radius 1 is 0.933 bits per heavy atom. The van der Waals surface area contributed by atoms with Gasteiger partial charge in [-0.3, -0.25) is 9.59 Å². The van der Waals surface area contributed by atoms with Crippen LogP contribution in [0.25, 0.3) is 10.6 Å². The number of hydrogen-bond acceptors (Lipinski definition) is 4. The molecule has 0 spiro atoms. The number of hydrogen-bond donors (Lipinski definition) is 2. The van der Waals surface area contributed by atoms with Crippen LogP contribution in [-0.4, -0.2) is 16.8 Å². The molecule has 2 aromatic carbocycles. The maximum atomic E-state index is 12.9. The first kappa shape index (κ1) is 21.7. The van der Waals surface area contributed by atoms with Gasteiger partial charge in [0.1, 0.15) is 9.88 Å². The highest BCUT2D eigenvalue weighted by Gasteiger charge is 2.21. The molecule has 156 valence electrons. The SMILES string of the molecule is Cc1ccc(-c2nc(C)c(C(=O)Nc3cccc(NC(=O)C(C)(C)C)c3)s2)c(C)c1. The van der Waals surface area contributed by atoms with Gasteiger partial charge in [-0.25, -0.2) is 4.98 Å². The molecule has 2 amide bonds. The Hall–Kier alpha value is -2.99. The standard InChI is InChI=1S/C24H27N3O2S/c1-14-10-11-19(15(2)12-14)22-25-16(3)20(30-22)21(28)26-17-8-7-9-18(13-17)27-23(29)24(4,5)6/h7-13H,1-6H3,(H,26,28)(H,27,29). The predicted octanol–water partition coefficient (Wildman–Crippen LogP) is 5.97. The molecule has 0 saturated carbocycles. The van der Waals surface area contributed by atoms with Crippen molar-refractivity contribution >= 4 is 34.5 Å². The van der Waals surface area contributed by atoms with Gasteiger partial charge >= 0.3 is 0 Å². The molecule has 1 heterocycles. The van der Waals surface area contributed by atoms with Crippen molar-refractivity contribution in [3.63, 3.8) is 0 Å². The second kappa shape index (κ2) is 8.40. The van der Waals surface area contributed by atoms with Crippen LogP contribution >= 0.6 is 11.3 Å². The zero-order chi connectivity index (χ0) is 22.1. The van der Waals surface area contributed by atoms with E-state index >= 15 is 0 Å². The smallest absolute Gasteiger partial charge is 0.267 e. The average molecular weight is 422 g/mol. The summed E-state index contributed by atoms with van der Waals surface area (Å²) in [6.45, 7) is 11.5. The van der Waals surface area contributed by atoms with E-state index in [0.29, 0.717) is 21.9 Å². The summed E-state index contributed by atoms with van der Waals surface area (Å²) in [5, 5.41) is 6.64. The first-order chi connectivity index (χ1) is 14.0. The minimum absolute atomic E-state index is 0.0811. The average Bonchev–Trinajstić information content (AvgIpc) is 3.02. The first-order valence-corrected chi connectivity index (χ1v) is 10.6. The molecule has 0 bridgehead atoms. The van der Waals surface area contributed by atoms with E-state index in [9.17, 15) is 9.59 Å². The Morgan fingerprint density at radius 3 is 2.23 bits per heavy atom. The van der Waals surface area contributed by atoms with E-state index < -0.39 is 5.41 Å². The van der Waals surface area contributed by atoms with Crippen LogP contribution in [0.4, 0.5) is 11.4 Å².